The molecule has 1 aliphatic heterocycles. The molecule has 1 fully saturated rings. The minimum atomic E-state index is -3.59. The fraction of sp³-hybridized carbons (Fsp3) is 0.450. The van der Waals surface area contributed by atoms with E-state index in [1.807, 2.05) is 26.8 Å². The Morgan fingerprint density at radius 3 is 2.44 bits per heavy atom. The first kappa shape index (κ1) is 21.2. The highest BCUT2D eigenvalue weighted by Gasteiger charge is 2.24. The van der Waals surface area contributed by atoms with E-state index in [0.29, 0.717) is 18.8 Å². The van der Waals surface area contributed by atoms with Crippen molar-refractivity contribution in [2.24, 2.45) is 0 Å². The normalized spacial score (nSPS) is 15.3. The lowest BCUT2D eigenvalue weighted by molar-refractivity contribution is -0.111. The molecular formula is C20H29N3O3S. The third kappa shape index (κ3) is 5.20. The van der Waals surface area contributed by atoms with Crippen molar-refractivity contribution >= 4 is 27.3 Å². The van der Waals surface area contributed by atoms with Crippen LogP contribution in [0.25, 0.3) is 0 Å². The second-order valence-electron chi connectivity index (χ2n) is 6.34. The number of amides is 1. The highest BCUT2D eigenvalue weighted by atomic mass is 32.2. The van der Waals surface area contributed by atoms with Crippen LogP contribution in [0.1, 0.15) is 33.6 Å². The summed E-state index contributed by atoms with van der Waals surface area (Å²) in [6.07, 6.45) is 8.86. The predicted molar refractivity (Wildman–Crippen MR) is 111 cm³/mol. The maximum absolute atomic E-state index is 12.9. The van der Waals surface area contributed by atoms with Crippen molar-refractivity contribution in [2.75, 3.05) is 36.4 Å². The van der Waals surface area contributed by atoms with Crippen molar-refractivity contribution in [1.82, 2.24) is 4.31 Å². The molecule has 0 spiro atoms. The lowest BCUT2D eigenvalue weighted by Crippen LogP contribution is -2.31. The first-order valence-electron chi connectivity index (χ1n) is 9.43. The van der Waals surface area contributed by atoms with E-state index >= 15 is 0 Å². The molecule has 0 aliphatic carbocycles. The molecule has 1 saturated heterocycles. The zero-order chi connectivity index (χ0) is 19.9. The second-order valence-corrected chi connectivity index (χ2v) is 8.27. The summed E-state index contributed by atoms with van der Waals surface area (Å²) < 4.78 is 27.1. The van der Waals surface area contributed by atoms with E-state index in [2.05, 4.69) is 10.2 Å². The van der Waals surface area contributed by atoms with Gasteiger partial charge in [-0.2, -0.15) is 4.31 Å². The van der Waals surface area contributed by atoms with Crippen LogP contribution in [0.3, 0.4) is 0 Å². The van der Waals surface area contributed by atoms with Gasteiger partial charge < -0.3 is 10.2 Å². The van der Waals surface area contributed by atoms with E-state index in [1.54, 1.807) is 30.4 Å². The molecule has 0 saturated carbocycles. The molecule has 6 nitrogen and oxygen atoms in total. The molecule has 7 heteroatoms. The first-order chi connectivity index (χ1) is 12.9. The number of benzene rings is 1. The molecule has 1 amide bonds. The lowest BCUT2D eigenvalue weighted by atomic mass is 10.2. The van der Waals surface area contributed by atoms with E-state index in [1.165, 1.54) is 10.4 Å². The Hall–Kier alpha value is -2.12. The van der Waals surface area contributed by atoms with Gasteiger partial charge in [-0.1, -0.05) is 32.1 Å². The number of carbonyl (C=O) groups excluding carboxylic acids is 1. The van der Waals surface area contributed by atoms with Crippen LogP contribution in [0, 0.1) is 0 Å². The van der Waals surface area contributed by atoms with Crippen molar-refractivity contribution in [3.63, 3.8) is 0 Å². The molecular weight excluding hydrogens is 362 g/mol. The Bertz CT molecular complexity index is 806. The largest absolute Gasteiger partial charge is 0.370 e. The van der Waals surface area contributed by atoms with Gasteiger partial charge >= 0.3 is 0 Å². The molecule has 1 aromatic carbocycles. The summed E-state index contributed by atoms with van der Waals surface area (Å²) in [7, 11) is -3.59. The summed E-state index contributed by atoms with van der Waals surface area (Å²) in [5.41, 5.74) is 1.39. The number of rotatable bonds is 8. The number of carbonyl (C=O) groups is 1. The van der Waals surface area contributed by atoms with Gasteiger partial charge in [0.05, 0.1) is 16.3 Å². The number of nitrogens with zero attached hydrogens (tertiary/aromatic N) is 2. The number of hydrogen-bond acceptors (Lipinski definition) is 4. The summed E-state index contributed by atoms with van der Waals surface area (Å²) in [5, 5.41) is 2.85. The number of nitrogens with one attached hydrogen (secondary N) is 1. The fourth-order valence-corrected chi connectivity index (χ4v) is 4.64. The lowest BCUT2D eigenvalue weighted by Gasteiger charge is -2.24. The van der Waals surface area contributed by atoms with Crippen LogP contribution < -0.4 is 10.2 Å². The Balaban J connectivity index is 2.41. The third-order valence-electron chi connectivity index (χ3n) is 4.57. The number of anilines is 2. The van der Waals surface area contributed by atoms with Crippen molar-refractivity contribution < 1.29 is 13.2 Å². The van der Waals surface area contributed by atoms with Crippen molar-refractivity contribution in [1.29, 1.82) is 0 Å². The Morgan fingerprint density at radius 2 is 1.85 bits per heavy atom. The van der Waals surface area contributed by atoms with E-state index in [4.69, 9.17) is 0 Å². The maximum atomic E-state index is 12.9. The van der Waals surface area contributed by atoms with Crippen molar-refractivity contribution in [3.05, 3.63) is 42.5 Å². The van der Waals surface area contributed by atoms with Gasteiger partial charge in [-0.3, -0.25) is 4.79 Å². The molecule has 1 aliphatic rings. The molecule has 0 atom stereocenters. The van der Waals surface area contributed by atoms with Crippen LogP contribution in [-0.2, 0) is 14.8 Å². The van der Waals surface area contributed by atoms with Gasteiger partial charge in [0.15, 0.2) is 0 Å². The van der Waals surface area contributed by atoms with E-state index in [-0.39, 0.29) is 10.8 Å². The van der Waals surface area contributed by atoms with Crippen LogP contribution >= 0.6 is 0 Å². The summed E-state index contributed by atoms with van der Waals surface area (Å²) in [6.45, 7) is 8.11. The predicted octanol–water partition coefficient (Wildman–Crippen LogP) is 3.39. The summed E-state index contributed by atoms with van der Waals surface area (Å²) >= 11 is 0. The van der Waals surface area contributed by atoms with E-state index in [0.717, 1.165) is 31.6 Å². The smallest absolute Gasteiger partial charge is 0.248 e. The summed E-state index contributed by atoms with van der Waals surface area (Å²) in [5.74, 6) is -0.286. The maximum Gasteiger partial charge on any atom is 0.248 e. The van der Waals surface area contributed by atoms with Crippen molar-refractivity contribution in [3.8, 4) is 0 Å². The summed E-state index contributed by atoms with van der Waals surface area (Å²) in [6, 6.07) is 5.00. The fourth-order valence-electron chi connectivity index (χ4n) is 3.15. The molecule has 0 aromatic heterocycles. The van der Waals surface area contributed by atoms with Crippen LogP contribution in [0.4, 0.5) is 11.4 Å². The van der Waals surface area contributed by atoms with Crippen LogP contribution in [0.5, 0.6) is 0 Å². The molecule has 0 unspecified atom stereocenters. The molecule has 148 valence electrons. The SMILES string of the molecule is C/C=C/C=C/C(=O)Nc1cc(S(=O)(=O)N(CC)CC)ccc1N1CCCC1. The van der Waals surface area contributed by atoms with E-state index in [9.17, 15) is 13.2 Å². The number of hydrogen-bond donors (Lipinski definition) is 1. The molecule has 2 rings (SSSR count). The zero-order valence-corrected chi connectivity index (χ0v) is 17.1. The molecule has 1 N–H and O–H groups in total. The standard InChI is InChI=1S/C20H29N3O3S/c1-4-7-8-11-20(24)21-18-16-17(27(25,26)23(5-2)6-3)12-13-19(18)22-14-9-10-15-22/h4,7-8,11-13,16H,5-6,9-10,14-15H2,1-3H3,(H,21,24)/b7-4+,11-8+. The van der Waals surface area contributed by atoms with Gasteiger partial charge in [0.25, 0.3) is 0 Å². The summed E-state index contributed by atoms with van der Waals surface area (Å²) in [4.78, 5) is 14.6. The molecule has 0 bridgehead atoms. The van der Waals surface area contributed by atoms with E-state index < -0.39 is 10.0 Å². The van der Waals surface area contributed by atoms with Gasteiger partial charge in [0.1, 0.15) is 0 Å². The van der Waals surface area contributed by atoms with Gasteiger partial charge in [0.2, 0.25) is 15.9 Å². The van der Waals surface area contributed by atoms with Crippen LogP contribution in [-0.4, -0.2) is 44.8 Å². The Kier molecular flexibility index (Phi) is 7.62. The minimum absolute atomic E-state index is 0.196. The Labute approximate surface area is 162 Å². The molecule has 27 heavy (non-hydrogen) atoms. The van der Waals surface area contributed by atoms with Gasteiger partial charge in [-0.05, 0) is 38.0 Å². The second kappa shape index (κ2) is 9.71. The minimum Gasteiger partial charge on any atom is -0.370 e. The average molecular weight is 392 g/mol. The highest BCUT2D eigenvalue weighted by molar-refractivity contribution is 7.89. The highest BCUT2D eigenvalue weighted by Crippen LogP contribution is 2.32. The monoisotopic (exact) mass is 391 g/mol. The quantitative estimate of drug-likeness (QED) is 0.545. The molecule has 0 radical (unpaired) electrons. The van der Waals surface area contributed by atoms with Gasteiger partial charge in [-0.15, -0.1) is 0 Å². The van der Waals surface area contributed by atoms with Gasteiger partial charge in [-0.25, -0.2) is 8.42 Å². The first-order valence-corrected chi connectivity index (χ1v) is 10.9. The third-order valence-corrected chi connectivity index (χ3v) is 6.61. The number of sulfonamides is 1. The number of allylic oxidation sites excluding steroid dienone is 3. The zero-order valence-electron chi connectivity index (χ0n) is 16.3. The topological polar surface area (TPSA) is 69.7 Å². The molecule has 1 heterocycles. The average Bonchev–Trinajstić information content (AvgIpc) is 3.17. The Morgan fingerprint density at radius 1 is 1.19 bits per heavy atom. The van der Waals surface area contributed by atoms with Crippen LogP contribution in [0.15, 0.2) is 47.4 Å². The van der Waals surface area contributed by atoms with Gasteiger partial charge in [0, 0.05) is 32.3 Å². The van der Waals surface area contributed by atoms with Crippen LogP contribution in [0.2, 0.25) is 0 Å². The molecule has 1 aromatic rings. The van der Waals surface area contributed by atoms with Crippen molar-refractivity contribution in [2.45, 2.75) is 38.5 Å².